The van der Waals surface area contributed by atoms with Crippen LogP contribution in [0.15, 0.2) is 22.9 Å². The molecule has 1 heterocycles. The Morgan fingerprint density at radius 2 is 2.21 bits per heavy atom. The maximum absolute atomic E-state index is 5.77. The summed E-state index contributed by atoms with van der Waals surface area (Å²) < 4.78 is 1.03. The SMILES string of the molecule is CCC(C)(CN)Cc1cncc(Br)c1. The highest BCUT2D eigenvalue weighted by Crippen LogP contribution is 2.25. The molecule has 0 saturated heterocycles. The number of hydrogen-bond acceptors (Lipinski definition) is 2. The van der Waals surface area contributed by atoms with Gasteiger partial charge < -0.3 is 5.73 Å². The van der Waals surface area contributed by atoms with Crippen LogP contribution in [0.5, 0.6) is 0 Å². The third-order valence-corrected chi connectivity index (χ3v) is 3.17. The first kappa shape index (κ1) is 11.7. The normalized spacial score (nSPS) is 15.1. The van der Waals surface area contributed by atoms with Crippen LogP contribution in [-0.4, -0.2) is 11.5 Å². The summed E-state index contributed by atoms with van der Waals surface area (Å²) in [6, 6.07) is 2.11. The van der Waals surface area contributed by atoms with Crippen molar-refractivity contribution in [3.8, 4) is 0 Å². The van der Waals surface area contributed by atoms with Gasteiger partial charge in [-0.1, -0.05) is 13.8 Å². The zero-order valence-electron chi connectivity index (χ0n) is 8.76. The third kappa shape index (κ3) is 3.07. The van der Waals surface area contributed by atoms with Crippen molar-refractivity contribution < 1.29 is 0 Å². The van der Waals surface area contributed by atoms with Crippen LogP contribution in [-0.2, 0) is 6.42 Å². The van der Waals surface area contributed by atoms with E-state index in [0.29, 0.717) is 0 Å². The molecule has 0 amide bonds. The van der Waals surface area contributed by atoms with E-state index in [1.165, 1.54) is 5.56 Å². The first-order valence-corrected chi connectivity index (χ1v) is 5.68. The Kier molecular flexibility index (Phi) is 4.08. The van der Waals surface area contributed by atoms with Crippen LogP contribution < -0.4 is 5.73 Å². The van der Waals surface area contributed by atoms with Gasteiger partial charge in [0.15, 0.2) is 0 Å². The molecule has 14 heavy (non-hydrogen) atoms. The maximum Gasteiger partial charge on any atom is 0.0410 e. The molecular weight excluding hydrogens is 240 g/mol. The predicted molar refractivity (Wildman–Crippen MR) is 63.1 cm³/mol. The number of nitrogens with zero attached hydrogens (tertiary/aromatic N) is 1. The molecule has 0 radical (unpaired) electrons. The molecule has 1 aromatic rings. The van der Waals surface area contributed by atoms with Crippen molar-refractivity contribution in [2.24, 2.45) is 11.1 Å². The van der Waals surface area contributed by atoms with Crippen LogP contribution in [0.4, 0.5) is 0 Å². The average Bonchev–Trinajstić information content (AvgIpc) is 2.18. The smallest absolute Gasteiger partial charge is 0.0410 e. The minimum atomic E-state index is 0.197. The molecule has 0 bridgehead atoms. The van der Waals surface area contributed by atoms with Crippen molar-refractivity contribution in [3.05, 3.63) is 28.5 Å². The monoisotopic (exact) mass is 256 g/mol. The molecule has 0 aliphatic rings. The molecule has 0 aromatic carbocycles. The highest BCUT2D eigenvalue weighted by Gasteiger charge is 2.20. The molecule has 1 rings (SSSR count). The first-order chi connectivity index (χ1) is 6.59. The van der Waals surface area contributed by atoms with Gasteiger partial charge >= 0.3 is 0 Å². The van der Waals surface area contributed by atoms with Crippen molar-refractivity contribution in [2.45, 2.75) is 26.7 Å². The lowest BCUT2D eigenvalue weighted by molar-refractivity contribution is 0.320. The lowest BCUT2D eigenvalue weighted by Crippen LogP contribution is -2.28. The Morgan fingerprint density at radius 3 is 2.71 bits per heavy atom. The van der Waals surface area contributed by atoms with Crippen LogP contribution in [0.25, 0.3) is 0 Å². The predicted octanol–water partition coefficient (Wildman–Crippen LogP) is 2.76. The second-order valence-corrected chi connectivity index (χ2v) is 4.97. The number of hydrogen-bond donors (Lipinski definition) is 1. The largest absolute Gasteiger partial charge is 0.330 e. The second-order valence-electron chi connectivity index (χ2n) is 4.06. The summed E-state index contributed by atoms with van der Waals surface area (Å²) in [6.45, 7) is 5.11. The lowest BCUT2D eigenvalue weighted by atomic mass is 9.82. The molecule has 0 spiro atoms. The summed E-state index contributed by atoms with van der Waals surface area (Å²) in [5.74, 6) is 0. The van der Waals surface area contributed by atoms with Gasteiger partial charge in [-0.15, -0.1) is 0 Å². The summed E-state index contributed by atoms with van der Waals surface area (Å²) in [4.78, 5) is 4.15. The van der Waals surface area contributed by atoms with Gasteiger partial charge in [0, 0.05) is 16.9 Å². The Hall–Kier alpha value is -0.410. The fourth-order valence-corrected chi connectivity index (χ4v) is 1.80. The fourth-order valence-electron chi connectivity index (χ4n) is 1.39. The van der Waals surface area contributed by atoms with Crippen LogP contribution >= 0.6 is 15.9 Å². The quantitative estimate of drug-likeness (QED) is 0.900. The van der Waals surface area contributed by atoms with Gasteiger partial charge in [0.1, 0.15) is 0 Å². The first-order valence-electron chi connectivity index (χ1n) is 4.89. The van der Waals surface area contributed by atoms with Gasteiger partial charge in [-0.3, -0.25) is 4.98 Å². The number of halogens is 1. The molecule has 1 atom stereocenters. The number of rotatable bonds is 4. The van der Waals surface area contributed by atoms with E-state index < -0.39 is 0 Å². The Labute approximate surface area is 94.0 Å². The average molecular weight is 257 g/mol. The number of aromatic nitrogens is 1. The molecule has 0 aliphatic heterocycles. The topological polar surface area (TPSA) is 38.9 Å². The molecular formula is C11H17BrN2. The van der Waals surface area contributed by atoms with E-state index in [9.17, 15) is 0 Å². The maximum atomic E-state index is 5.77. The molecule has 78 valence electrons. The minimum Gasteiger partial charge on any atom is -0.330 e. The van der Waals surface area contributed by atoms with Crippen LogP contribution in [0.3, 0.4) is 0 Å². The van der Waals surface area contributed by atoms with Gasteiger partial charge in [-0.05, 0) is 52.4 Å². The second kappa shape index (κ2) is 4.89. The van der Waals surface area contributed by atoms with Gasteiger partial charge in [-0.25, -0.2) is 0 Å². The van der Waals surface area contributed by atoms with E-state index in [0.717, 1.165) is 23.9 Å². The fraction of sp³-hybridized carbons (Fsp3) is 0.545. The summed E-state index contributed by atoms with van der Waals surface area (Å²) in [5.41, 5.74) is 7.21. The number of pyridine rings is 1. The molecule has 1 aromatic heterocycles. The zero-order valence-corrected chi connectivity index (χ0v) is 10.3. The Balaban J connectivity index is 2.77. The standard InChI is InChI=1S/C11H17BrN2/c1-3-11(2,8-13)5-9-4-10(12)7-14-6-9/h4,6-7H,3,5,8,13H2,1-2H3. The lowest BCUT2D eigenvalue weighted by Gasteiger charge is -2.26. The van der Waals surface area contributed by atoms with Gasteiger partial charge in [0.25, 0.3) is 0 Å². The molecule has 1 unspecified atom stereocenters. The molecule has 2 nitrogen and oxygen atoms in total. The molecule has 0 saturated carbocycles. The van der Waals surface area contributed by atoms with Crippen molar-refractivity contribution in [3.63, 3.8) is 0 Å². The van der Waals surface area contributed by atoms with Crippen molar-refractivity contribution in [1.29, 1.82) is 0 Å². The molecule has 0 aliphatic carbocycles. The van der Waals surface area contributed by atoms with Gasteiger partial charge in [-0.2, -0.15) is 0 Å². The van der Waals surface area contributed by atoms with E-state index in [1.807, 2.05) is 6.20 Å². The summed E-state index contributed by atoms with van der Waals surface area (Å²) in [5, 5.41) is 0. The minimum absolute atomic E-state index is 0.197. The van der Waals surface area contributed by atoms with Crippen molar-refractivity contribution in [1.82, 2.24) is 4.98 Å². The molecule has 0 fully saturated rings. The molecule has 2 N–H and O–H groups in total. The van der Waals surface area contributed by atoms with Crippen molar-refractivity contribution in [2.75, 3.05) is 6.54 Å². The zero-order chi connectivity index (χ0) is 10.6. The van der Waals surface area contributed by atoms with E-state index >= 15 is 0 Å². The highest BCUT2D eigenvalue weighted by atomic mass is 79.9. The Morgan fingerprint density at radius 1 is 1.50 bits per heavy atom. The van der Waals surface area contributed by atoms with Gasteiger partial charge in [0.2, 0.25) is 0 Å². The van der Waals surface area contributed by atoms with Crippen LogP contribution in [0, 0.1) is 5.41 Å². The van der Waals surface area contributed by atoms with E-state index in [1.54, 1.807) is 6.20 Å². The van der Waals surface area contributed by atoms with Crippen LogP contribution in [0.1, 0.15) is 25.8 Å². The van der Waals surface area contributed by atoms with Crippen molar-refractivity contribution >= 4 is 15.9 Å². The number of nitrogens with two attached hydrogens (primary N) is 1. The van der Waals surface area contributed by atoms with Crippen LogP contribution in [0.2, 0.25) is 0 Å². The highest BCUT2D eigenvalue weighted by molar-refractivity contribution is 9.10. The molecule has 3 heteroatoms. The van der Waals surface area contributed by atoms with E-state index in [4.69, 9.17) is 5.73 Å². The summed E-state index contributed by atoms with van der Waals surface area (Å²) in [7, 11) is 0. The van der Waals surface area contributed by atoms with E-state index in [-0.39, 0.29) is 5.41 Å². The summed E-state index contributed by atoms with van der Waals surface area (Å²) >= 11 is 3.42. The Bertz CT molecular complexity index is 295. The summed E-state index contributed by atoms with van der Waals surface area (Å²) in [6.07, 6.45) is 5.80. The van der Waals surface area contributed by atoms with Gasteiger partial charge in [0.05, 0.1) is 0 Å². The van der Waals surface area contributed by atoms with E-state index in [2.05, 4.69) is 40.8 Å². The third-order valence-electron chi connectivity index (χ3n) is 2.74.